The topological polar surface area (TPSA) is 105 Å². The van der Waals surface area contributed by atoms with Crippen molar-refractivity contribution in [2.24, 2.45) is 5.92 Å². The molecule has 2 N–H and O–H groups in total. The number of rotatable bonds is 3. The summed E-state index contributed by atoms with van der Waals surface area (Å²) in [4.78, 5) is 44.3. The first kappa shape index (κ1) is 22.4. The fourth-order valence-electron chi connectivity index (χ4n) is 6.28. The highest BCUT2D eigenvalue weighted by molar-refractivity contribution is 7.12. The second-order valence-electron chi connectivity index (χ2n) is 10.4. The maximum Gasteiger partial charge on any atom is 0.420 e. The van der Waals surface area contributed by atoms with Gasteiger partial charge in [-0.15, -0.1) is 11.3 Å². The number of aryl methyl sites for hydroxylation is 1. The van der Waals surface area contributed by atoms with E-state index in [1.165, 1.54) is 11.3 Å². The van der Waals surface area contributed by atoms with Gasteiger partial charge >= 0.3 is 6.09 Å². The summed E-state index contributed by atoms with van der Waals surface area (Å²) < 4.78 is 11.4. The largest absolute Gasteiger partial charge is 0.451 e. The maximum atomic E-state index is 13.3. The normalized spacial score (nSPS) is 20.9. The number of amides is 2. The molecule has 3 aliphatic rings. The Labute approximate surface area is 225 Å². The zero-order valence-corrected chi connectivity index (χ0v) is 21.6. The second-order valence-corrected chi connectivity index (χ2v) is 11.3. The average molecular weight is 536 g/mol. The number of carbonyl (C=O) groups is 3. The van der Waals surface area contributed by atoms with Gasteiger partial charge < -0.3 is 19.5 Å². The lowest BCUT2D eigenvalue weighted by Crippen LogP contribution is -2.35. The third kappa shape index (κ3) is 3.20. The first-order valence-corrected chi connectivity index (χ1v) is 13.6. The number of allylic oxidation sites excluding steroid dienone is 2. The summed E-state index contributed by atoms with van der Waals surface area (Å²) in [6, 6.07) is 16.2. The molecule has 8 rings (SSSR count). The van der Waals surface area contributed by atoms with Gasteiger partial charge in [-0.2, -0.15) is 0 Å². The SMILES string of the molecule is Cc1csc2c1C13CC1CN(C(=O)Oc1cc4cc(NC(=O)c5cc6ccccc6o5)ccc4[nH]1)C3=CC2=O. The molecule has 1 spiro atoms. The quantitative estimate of drug-likeness (QED) is 0.279. The van der Waals surface area contributed by atoms with Crippen molar-refractivity contribution in [2.45, 2.75) is 18.8 Å². The van der Waals surface area contributed by atoms with Gasteiger partial charge in [0.1, 0.15) is 5.58 Å². The van der Waals surface area contributed by atoms with E-state index in [1.54, 1.807) is 35.2 Å². The predicted octanol–water partition coefficient (Wildman–Crippen LogP) is 6.39. The predicted molar refractivity (Wildman–Crippen MR) is 146 cm³/mol. The Morgan fingerprint density at radius 1 is 1.15 bits per heavy atom. The number of hydrogen-bond donors (Lipinski definition) is 2. The van der Waals surface area contributed by atoms with Crippen LogP contribution < -0.4 is 10.1 Å². The van der Waals surface area contributed by atoms with E-state index in [4.69, 9.17) is 9.15 Å². The van der Waals surface area contributed by atoms with E-state index < -0.39 is 6.09 Å². The van der Waals surface area contributed by atoms with Crippen LogP contribution in [0.2, 0.25) is 0 Å². The van der Waals surface area contributed by atoms with E-state index >= 15 is 0 Å². The van der Waals surface area contributed by atoms with Gasteiger partial charge in [-0.05, 0) is 66.1 Å². The van der Waals surface area contributed by atoms with Gasteiger partial charge in [0, 0.05) is 51.8 Å². The molecule has 0 bridgehead atoms. The number of likely N-dealkylation sites (tertiary alicyclic amines) is 1. The van der Waals surface area contributed by atoms with Gasteiger partial charge in [0.05, 0.1) is 4.88 Å². The van der Waals surface area contributed by atoms with Crippen molar-refractivity contribution >= 4 is 56.7 Å². The van der Waals surface area contributed by atoms with Crippen molar-refractivity contribution in [3.8, 4) is 5.88 Å². The van der Waals surface area contributed by atoms with Crippen LogP contribution in [0.3, 0.4) is 0 Å². The van der Waals surface area contributed by atoms with Gasteiger partial charge in [-0.25, -0.2) is 4.79 Å². The smallest absolute Gasteiger partial charge is 0.420 e. The van der Waals surface area contributed by atoms with Crippen LogP contribution >= 0.6 is 11.3 Å². The van der Waals surface area contributed by atoms with Crippen molar-refractivity contribution < 1.29 is 23.5 Å². The van der Waals surface area contributed by atoms with Crippen LogP contribution in [0.4, 0.5) is 10.5 Å². The molecule has 2 atom stereocenters. The number of hydrogen-bond acceptors (Lipinski definition) is 6. The zero-order valence-electron chi connectivity index (χ0n) is 20.7. The highest BCUT2D eigenvalue weighted by Gasteiger charge is 2.68. The number of para-hydroxylation sites is 1. The molecule has 2 aliphatic carbocycles. The number of anilines is 1. The Kier molecular flexibility index (Phi) is 4.42. The Bertz CT molecular complexity index is 1890. The van der Waals surface area contributed by atoms with Crippen molar-refractivity contribution in [2.75, 3.05) is 11.9 Å². The highest BCUT2D eigenvalue weighted by Crippen LogP contribution is 2.67. The molecular formula is C30H21N3O5S. The van der Waals surface area contributed by atoms with Gasteiger partial charge in [0.15, 0.2) is 11.5 Å². The number of furan rings is 1. The van der Waals surface area contributed by atoms with Crippen molar-refractivity contribution in [3.63, 3.8) is 0 Å². The van der Waals surface area contributed by atoms with E-state index in [-0.39, 0.29) is 22.9 Å². The molecule has 3 aromatic heterocycles. The minimum Gasteiger partial charge on any atom is -0.451 e. The molecule has 2 fully saturated rings. The van der Waals surface area contributed by atoms with Crippen LogP contribution in [0.25, 0.3) is 21.9 Å². The number of nitrogens with one attached hydrogen (secondary N) is 2. The monoisotopic (exact) mass is 535 g/mol. The number of ether oxygens (including phenoxy) is 1. The third-order valence-electron chi connectivity index (χ3n) is 8.09. The molecule has 8 nitrogen and oxygen atoms in total. The van der Waals surface area contributed by atoms with Crippen molar-refractivity contribution in [1.29, 1.82) is 0 Å². The Hall–Kier alpha value is -4.63. The molecule has 2 aromatic carbocycles. The summed E-state index contributed by atoms with van der Waals surface area (Å²) in [5.41, 5.74) is 4.72. The second kappa shape index (κ2) is 7.70. The van der Waals surface area contributed by atoms with E-state index in [2.05, 4.69) is 10.3 Å². The summed E-state index contributed by atoms with van der Waals surface area (Å²) in [7, 11) is 0. The van der Waals surface area contributed by atoms with Gasteiger partial charge in [0.25, 0.3) is 5.91 Å². The van der Waals surface area contributed by atoms with Crippen LogP contribution in [0.15, 0.2) is 76.2 Å². The summed E-state index contributed by atoms with van der Waals surface area (Å²) in [6.45, 7) is 2.57. The number of thiophene rings is 1. The number of carbonyl (C=O) groups excluding carboxylic acids is 3. The van der Waals surface area contributed by atoms with Crippen LogP contribution in [0.5, 0.6) is 5.88 Å². The molecule has 1 aliphatic heterocycles. The lowest BCUT2D eigenvalue weighted by Gasteiger charge is -2.27. The number of H-pyrrole nitrogens is 1. The standard InChI is InChI=1S/C30H21N3O5S/c1-15-14-39-27-21(34)11-24-30(26(15)27)12-18(30)13-33(24)29(36)38-25-10-17-8-19(6-7-20(17)32-25)31-28(35)23-9-16-4-2-3-5-22(16)37-23/h2-11,14,18,32H,12-13H2,1H3,(H,31,35). The summed E-state index contributed by atoms with van der Waals surface area (Å²) in [6.07, 6.45) is 2.06. The molecule has 39 heavy (non-hydrogen) atoms. The van der Waals surface area contributed by atoms with Crippen molar-refractivity contribution in [1.82, 2.24) is 9.88 Å². The summed E-state index contributed by atoms with van der Waals surface area (Å²) >= 11 is 1.49. The minimum atomic E-state index is -0.512. The van der Waals surface area contributed by atoms with E-state index in [9.17, 15) is 14.4 Å². The molecule has 4 heterocycles. The Morgan fingerprint density at radius 3 is 2.90 bits per heavy atom. The molecule has 0 radical (unpaired) electrons. The van der Waals surface area contributed by atoms with E-state index in [1.807, 2.05) is 42.6 Å². The maximum absolute atomic E-state index is 13.3. The molecule has 9 heteroatoms. The van der Waals surface area contributed by atoms with Gasteiger partial charge in [0.2, 0.25) is 5.88 Å². The highest BCUT2D eigenvalue weighted by atomic mass is 32.1. The molecular weight excluding hydrogens is 514 g/mol. The molecule has 192 valence electrons. The molecule has 1 saturated carbocycles. The van der Waals surface area contributed by atoms with Gasteiger partial charge in [-0.1, -0.05) is 18.2 Å². The zero-order chi connectivity index (χ0) is 26.5. The molecule has 1 saturated heterocycles. The lowest BCUT2D eigenvalue weighted by atomic mass is 9.84. The van der Waals surface area contributed by atoms with Crippen LogP contribution in [-0.4, -0.2) is 34.2 Å². The fraction of sp³-hybridized carbons (Fsp3) is 0.167. The molecule has 2 unspecified atom stereocenters. The minimum absolute atomic E-state index is 0.0445. The first-order valence-electron chi connectivity index (χ1n) is 12.7. The Morgan fingerprint density at radius 2 is 2.03 bits per heavy atom. The van der Waals surface area contributed by atoms with E-state index in [0.29, 0.717) is 29.6 Å². The number of aromatic amines is 1. The summed E-state index contributed by atoms with van der Waals surface area (Å²) in [5, 5.41) is 6.52. The van der Waals surface area contributed by atoms with E-state index in [0.717, 1.165) is 44.4 Å². The number of ketones is 1. The third-order valence-corrected chi connectivity index (χ3v) is 9.20. The van der Waals surface area contributed by atoms with Crippen LogP contribution in [-0.2, 0) is 5.41 Å². The molecule has 5 aromatic rings. The Balaban J connectivity index is 1.01. The fourth-order valence-corrected chi connectivity index (χ4v) is 7.33. The van der Waals surface area contributed by atoms with Crippen LogP contribution in [0, 0.1) is 12.8 Å². The van der Waals surface area contributed by atoms with Crippen molar-refractivity contribution in [3.05, 3.63) is 93.5 Å². The lowest BCUT2D eigenvalue weighted by molar-refractivity contribution is 0.0997. The number of benzene rings is 2. The number of piperidine rings is 1. The number of nitrogens with zero attached hydrogens (tertiary/aromatic N) is 1. The first-order chi connectivity index (χ1) is 18.9. The van der Waals surface area contributed by atoms with Gasteiger partial charge in [-0.3, -0.25) is 14.5 Å². The molecule has 2 amide bonds. The van der Waals surface area contributed by atoms with Crippen LogP contribution in [0.1, 0.15) is 37.8 Å². The average Bonchev–Trinajstić information content (AvgIpc) is 3.36. The summed E-state index contributed by atoms with van der Waals surface area (Å²) in [5.74, 6) is 0.421. The number of fused-ring (bicyclic) bond motifs is 3. The number of aromatic nitrogens is 1.